The molecule has 0 bridgehead atoms. The normalized spacial score (nSPS) is 12.6. The minimum atomic E-state index is 0.356. The van der Waals surface area contributed by atoms with Gasteiger partial charge < -0.3 is 0 Å². The first-order chi connectivity index (χ1) is 27.6. The zero-order chi connectivity index (χ0) is 38.7. The fraction of sp³-hybridized carbons (Fsp3) is 0.0408. The van der Waals surface area contributed by atoms with Gasteiger partial charge in [0.25, 0.3) is 0 Å². The Hall–Kier alpha value is -7.69. The largest absolute Gasteiger partial charge is 0.296 e. The summed E-state index contributed by atoms with van der Waals surface area (Å²) in [7, 11) is 1.76. The maximum atomic E-state index is 9.29. The van der Waals surface area contributed by atoms with E-state index in [2.05, 4.69) is 100.0 Å². The average molecular weight is 724 g/mol. The summed E-state index contributed by atoms with van der Waals surface area (Å²) in [6, 6.07) is 46.3. The molecule has 7 heteroatoms. The smallest absolute Gasteiger partial charge is 0.161 e. The van der Waals surface area contributed by atoms with Crippen molar-refractivity contribution >= 4 is 57.6 Å². The molecule has 5 aromatic carbocycles. The third-order valence-corrected chi connectivity index (χ3v) is 9.27. The minimum absolute atomic E-state index is 0.356. The van der Waals surface area contributed by atoms with Crippen molar-refractivity contribution in [2.75, 3.05) is 7.05 Å². The number of benzene rings is 5. The van der Waals surface area contributed by atoms with Crippen molar-refractivity contribution in [1.29, 1.82) is 5.26 Å². The summed E-state index contributed by atoms with van der Waals surface area (Å²) in [4.78, 5) is 27.7. The number of aromatic nitrogens is 2. The highest BCUT2D eigenvalue weighted by atomic mass is 15.0. The lowest BCUT2D eigenvalue weighted by Crippen LogP contribution is -2.06. The standard InChI is InChI=1S/C49H37N7/c1-4-7-44(42-24-18-38-8-5-27-53-46(38)30-42)36-16-22-41(23-17-36)49(55-33-35-12-10-34(32-50)11-13-35)56-48(52-3)40-20-14-37(15-21-40)45(26-29-51-2)43-25-19-39-9-6-28-54-47(39)31-43/h4-31H,1,3,33H2,2H3/b44-7-,45-26-,51-29?,55-49?,56-48?. The van der Waals surface area contributed by atoms with Crippen LogP contribution in [0.1, 0.15) is 44.5 Å². The summed E-state index contributed by atoms with van der Waals surface area (Å²) in [6.45, 7) is 8.22. The summed E-state index contributed by atoms with van der Waals surface area (Å²) in [6.07, 6.45) is 11.2. The molecule has 0 fully saturated rings. The van der Waals surface area contributed by atoms with Gasteiger partial charge in [-0.05, 0) is 88.2 Å². The lowest BCUT2D eigenvalue weighted by molar-refractivity contribution is 1.06. The first kappa shape index (κ1) is 36.7. The van der Waals surface area contributed by atoms with Gasteiger partial charge in [0, 0.05) is 47.6 Å². The van der Waals surface area contributed by atoms with E-state index in [-0.39, 0.29) is 0 Å². The number of aliphatic imine (C=N–C) groups is 4. The second kappa shape index (κ2) is 17.4. The Labute approximate surface area is 326 Å². The van der Waals surface area contributed by atoms with Crippen LogP contribution in [0.2, 0.25) is 0 Å². The van der Waals surface area contributed by atoms with Crippen LogP contribution in [-0.4, -0.2) is 41.6 Å². The molecule has 2 aromatic heterocycles. The van der Waals surface area contributed by atoms with Crippen LogP contribution in [0.4, 0.5) is 0 Å². The van der Waals surface area contributed by atoms with Crippen molar-refractivity contribution in [3.8, 4) is 6.07 Å². The number of rotatable bonds is 10. The van der Waals surface area contributed by atoms with Gasteiger partial charge in [0.2, 0.25) is 0 Å². The predicted molar refractivity (Wildman–Crippen MR) is 233 cm³/mol. The number of pyridine rings is 2. The molecule has 7 nitrogen and oxygen atoms in total. The third-order valence-electron chi connectivity index (χ3n) is 9.27. The second-order valence-corrected chi connectivity index (χ2v) is 12.8. The van der Waals surface area contributed by atoms with Crippen LogP contribution < -0.4 is 0 Å². The molecule has 2 heterocycles. The van der Waals surface area contributed by atoms with Gasteiger partial charge in [0.1, 0.15) is 0 Å². The van der Waals surface area contributed by atoms with E-state index in [1.54, 1.807) is 43.9 Å². The molecular weight excluding hydrogens is 687 g/mol. The highest BCUT2D eigenvalue weighted by Crippen LogP contribution is 2.28. The fourth-order valence-corrected chi connectivity index (χ4v) is 6.38. The van der Waals surface area contributed by atoms with E-state index < -0.39 is 0 Å². The molecule has 268 valence electrons. The number of hydrogen-bond acceptors (Lipinski definition) is 5. The molecule has 56 heavy (non-hydrogen) atoms. The van der Waals surface area contributed by atoms with Crippen LogP contribution in [-0.2, 0) is 6.54 Å². The van der Waals surface area contributed by atoms with Gasteiger partial charge in [-0.1, -0.05) is 116 Å². The predicted octanol–water partition coefficient (Wildman–Crippen LogP) is 10.5. The Morgan fingerprint density at radius 1 is 0.643 bits per heavy atom. The Morgan fingerprint density at radius 3 is 1.68 bits per heavy atom. The summed E-state index contributed by atoms with van der Waals surface area (Å²) in [5, 5.41) is 11.5. The Balaban J connectivity index is 1.23. The highest BCUT2D eigenvalue weighted by molar-refractivity contribution is 6.13. The lowest BCUT2D eigenvalue weighted by atomic mass is 9.95. The van der Waals surface area contributed by atoms with Crippen molar-refractivity contribution < 1.29 is 0 Å². The Bertz CT molecular complexity index is 2740. The van der Waals surface area contributed by atoms with Crippen molar-refractivity contribution in [2.24, 2.45) is 20.0 Å². The van der Waals surface area contributed by atoms with E-state index in [1.807, 2.05) is 72.8 Å². The van der Waals surface area contributed by atoms with Crippen LogP contribution in [0.3, 0.4) is 0 Å². The molecule has 0 N–H and O–H groups in total. The molecule has 0 atom stereocenters. The molecule has 7 rings (SSSR count). The van der Waals surface area contributed by atoms with Crippen molar-refractivity contribution in [3.05, 3.63) is 215 Å². The van der Waals surface area contributed by atoms with E-state index in [4.69, 9.17) is 9.98 Å². The molecule has 0 saturated heterocycles. The first-order valence-electron chi connectivity index (χ1n) is 18.0. The molecular formula is C49H37N7. The summed E-state index contributed by atoms with van der Waals surface area (Å²) in [5.41, 5.74) is 11.1. The molecule has 0 aliphatic rings. The Kier molecular flexibility index (Phi) is 11.4. The third kappa shape index (κ3) is 8.41. The van der Waals surface area contributed by atoms with E-state index in [0.717, 1.165) is 71.9 Å². The van der Waals surface area contributed by atoms with Gasteiger partial charge in [0.05, 0.1) is 29.2 Å². The van der Waals surface area contributed by atoms with E-state index in [1.165, 1.54) is 0 Å². The zero-order valence-corrected chi connectivity index (χ0v) is 30.9. The zero-order valence-electron chi connectivity index (χ0n) is 30.9. The quantitative estimate of drug-likeness (QED) is 0.0798. The molecule has 0 aliphatic heterocycles. The molecule has 0 aliphatic carbocycles. The molecule has 0 saturated carbocycles. The number of amidine groups is 2. The number of nitriles is 1. The van der Waals surface area contributed by atoms with E-state index in [0.29, 0.717) is 23.8 Å². The second-order valence-electron chi connectivity index (χ2n) is 12.8. The van der Waals surface area contributed by atoms with Crippen molar-refractivity contribution in [1.82, 2.24) is 9.97 Å². The number of allylic oxidation sites excluding steroid dienone is 3. The van der Waals surface area contributed by atoms with Crippen molar-refractivity contribution in [2.45, 2.75) is 6.54 Å². The van der Waals surface area contributed by atoms with Crippen LogP contribution in [0.25, 0.3) is 33.0 Å². The van der Waals surface area contributed by atoms with Gasteiger partial charge in [-0.3, -0.25) is 20.0 Å². The summed E-state index contributed by atoms with van der Waals surface area (Å²) in [5.74, 6) is 0.936. The maximum absolute atomic E-state index is 9.29. The molecule has 0 spiro atoms. The van der Waals surface area contributed by atoms with Gasteiger partial charge >= 0.3 is 0 Å². The maximum Gasteiger partial charge on any atom is 0.161 e. The summed E-state index contributed by atoms with van der Waals surface area (Å²) < 4.78 is 0. The fourth-order valence-electron chi connectivity index (χ4n) is 6.38. The van der Waals surface area contributed by atoms with Crippen LogP contribution >= 0.6 is 0 Å². The number of nitrogens with zero attached hydrogens (tertiary/aromatic N) is 7. The van der Waals surface area contributed by atoms with Gasteiger partial charge in [-0.25, -0.2) is 9.98 Å². The van der Waals surface area contributed by atoms with Crippen LogP contribution in [0.15, 0.2) is 191 Å². The van der Waals surface area contributed by atoms with Crippen LogP contribution in [0, 0.1) is 11.3 Å². The lowest BCUT2D eigenvalue weighted by Gasteiger charge is -2.12. The summed E-state index contributed by atoms with van der Waals surface area (Å²) >= 11 is 0. The van der Waals surface area contributed by atoms with Gasteiger partial charge in [-0.2, -0.15) is 5.26 Å². The first-order valence-corrected chi connectivity index (χ1v) is 18.0. The van der Waals surface area contributed by atoms with Crippen LogP contribution in [0.5, 0.6) is 0 Å². The Morgan fingerprint density at radius 2 is 1.16 bits per heavy atom. The molecule has 7 aromatic rings. The monoisotopic (exact) mass is 723 g/mol. The van der Waals surface area contributed by atoms with E-state index in [9.17, 15) is 5.26 Å². The highest BCUT2D eigenvalue weighted by Gasteiger charge is 2.12. The molecule has 0 amide bonds. The number of fused-ring (bicyclic) bond motifs is 2. The molecule has 0 unspecified atom stereocenters. The van der Waals surface area contributed by atoms with Gasteiger partial charge in [-0.15, -0.1) is 0 Å². The average Bonchev–Trinajstić information content (AvgIpc) is 3.26. The number of hydrogen-bond donors (Lipinski definition) is 0. The molecule has 0 radical (unpaired) electrons. The SMILES string of the molecule is C=C/C=C(/c1ccc(C(=NCc2ccc(C#N)cc2)N=C(N=C)c2ccc(/C(=C/C=NC)c3ccc4cccnc4c3)cc2)cc1)c1ccc2cccnc2c1. The van der Waals surface area contributed by atoms with E-state index >= 15 is 0 Å². The van der Waals surface area contributed by atoms with Crippen molar-refractivity contribution in [3.63, 3.8) is 0 Å². The van der Waals surface area contributed by atoms with Gasteiger partial charge in [0.15, 0.2) is 11.7 Å². The topological polar surface area (TPSA) is 99.0 Å². The minimum Gasteiger partial charge on any atom is -0.296 e.